The van der Waals surface area contributed by atoms with Crippen LogP contribution in [0.25, 0.3) is 10.9 Å². The molecule has 0 unspecified atom stereocenters. The average molecular weight is 657 g/mol. The summed E-state index contributed by atoms with van der Waals surface area (Å²) in [5, 5.41) is 0.552. The molecule has 248 valence electrons. The molecular weight excluding hydrogens is 623 g/mol. The first-order chi connectivity index (χ1) is 22.4. The van der Waals surface area contributed by atoms with Gasteiger partial charge in [0.05, 0.1) is 36.2 Å². The fourth-order valence-electron chi connectivity index (χ4n) is 6.48. The van der Waals surface area contributed by atoms with Gasteiger partial charge in [0, 0.05) is 42.8 Å². The number of nitrogens with zero attached hydrogens (tertiary/aromatic N) is 3. The van der Waals surface area contributed by atoms with Crippen molar-refractivity contribution in [2.45, 2.75) is 50.0 Å². The van der Waals surface area contributed by atoms with Crippen LogP contribution in [0.15, 0.2) is 60.8 Å². The topological polar surface area (TPSA) is 99.8 Å². The molecule has 2 saturated heterocycles. The highest BCUT2D eigenvalue weighted by atomic mass is 19.4. The third-order valence-electron chi connectivity index (χ3n) is 9.15. The number of rotatable bonds is 8. The molecule has 0 aliphatic carbocycles. The van der Waals surface area contributed by atoms with Crippen LogP contribution < -0.4 is 20.1 Å². The standard InChI is InChI=1S/C34H33F5N4O4/c1-33(34(37,38)39)15-22(21-8-9-24(35)29(36)30(21)45-2)23(18-47-33)26-14-27(46-17-19-6-4-3-5-7-19)28-25(42-26)10-12-41-32(28)43-13-11-20(16-43)31(40)44/h3-10,12,14,20,22-23H,11,13,15-18H2,1-2H3,(H2,40,44)/t20-,22-,23+,33+/m0/s1. The number of aromatic nitrogens is 2. The highest BCUT2D eigenvalue weighted by Gasteiger charge is 2.57. The minimum atomic E-state index is -4.75. The lowest BCUT2D eigenvalue weighted by Gasteiger charge is -2.43. The van der Waals surface area contributed by atoms with Crippen LogP contribution in [0.4, 0.5) is 27.8 Å². The zero-order valence-corrected chi connectivity index (χ0v) is 25.7. The van der Waals surface area contributed by atoms with E-state index in [1.165, 1.54) is 6.07 Å². The van der Waals surface area contributed by atoms with Gasteiger partial charge in [-0.15, -0.1) is 0 Å². The maximum Gasteiger partial charge on any atom is 0.417 e. The number of pyridine rings is 2. The van der Waals surface area contributed by atoms with Gasteiger partial charge in [0.2, 0.25) is 11.7 Å². The van der Waals surface area contributed by atoms with Crippen LogP contribution in [-0.4, -0.2) is 54.5 Å². The molecule has 4 heterocycles. The average Bonchev–Trinajstić information content (AvgIpc) is 3.55. The van der Waals surface area contributed by atoms with Crippen LogP contribution in [0.3, 0.4) is 0 Å². The summed E-state index contributed by atoms with van der Waals surface area (Å²) < 4.78 is 89.2. The number of benzene rings is 2. The van der Waals surface area contributed by atoms with Gasteiger partial charge in [-0.05, 0) is 37.5 Å². The van der Waals surface area contributed by atoms with Crippen molar-refractivity contribution in [3.05, 3.63) is 89.2 Å². The molecule has 0 saturated carbocycles. The number of carbonyl (C=O) groups excluding carboxylic acids is 1. The lowest BCUT2D eigenvalue weighted by Crippen LogP contribution is -2.50. The zero-order valence-electron chi connectivity index (χ0n) is 25.7. The highest BCUT2D eigenvalue weighted by Crippen LogP contribution is 2.52. The summed E-state index contributed by atoms with van der Waals surface area (Å²) in [7, 11) is 1.14. The van der Waals surface area contributed by atoms with Gasteiger partial charge in [0.15, 0.2) is 17.2 Å². The summed E-state index contributed by atoms with van der Waals surface area (Å²) in [4.78, 5) is 23.3. The Hall–Kier alpha value is -4.52. The van der Waals surface area contributed by atoms with Gasteiger partial charge in [-0.1, -0.05) is 36.4 Å². The number of amides is 1. The number of alkyl halides is 3. The van der Waals surface area contributed by atoms with Crippen molar-refractivity contribution in [3.8, 4) is 11.5 Å². The Morgan fingerprint density at radius 2 is 1.89 bits per heavy atom. The predicted molar refractivity (Wildman–Crippen MR) is 163 cm³/mol. The van der Waals surface area contributed by atoms with Gasteiger partial charge >= 0.3 is 6.18 Å². The number of carbonyl (C=O) groups is 1. The van der Waals surface area contributed by atoms with E-state index in [0.717, 1.165) is 25.7 Å². The molecular formula is C34H33F5N4O4. The van der Waals surface area contributed by atoms with E-state index in [1.54, 1.807) is 18.3 Å². The number of hydrogen-bond acceptors (Lipinski definition) is 7. The number of halogens is 5. The molecule has 2 aromatic heterocycles. The maximum absolute atomic E-state index is 14.9. The SMILES string of the molecule is COc1c([C@@H]2C[C@](C)(C(F)(F)F)OC[C@H]2c2cc(OCc3ccccc3)c3c(N4CC[C@H](C(N)=O)C4)nccc3n2)ccc(F)c1F. The van der Waals surface area contributed by atoms with E-state index in [9.17, 15) is 26.7 Å². The Bertz CT molecular complexity index is 1790. The lowest BCUT2D eigenvalue weighted by molar-refractivity contribution is -0.286. The molecule has 0 spiro atoms. The molecule has 0 radical (unpaired) electrons. The van der Waals surface area contributed by atoms with E-state index in [0.29, 0.717) is 47.7 Å². The van der Waals surface area contributed by atoms with Gasteiger partial charge in [-0.25, -0.2) is 9.37 Å². The fraction of sp³-hybridized carbons (Fsp3) is 0.382. The third-order valence-corrected chi connectivity index (χ3v) is 9.15. The fourth-order valence-corrected chi connectivity index (χ4v) is 6.48. The van der Waals surface area contributed by atoms with E-state index >= 15 is 0 Å². The molecule has 47 heavy (non-hydrogen) atoms. The summed E-state index contributed by atoms with van der Waals surface area (Å²) in [5.74, 6) is -4.71. The number of ether oxygens (including phenoxy) is 3. The van der Waals surface area contributed by atoms with Crippen molar-refractivity contribution in [2.24, 2.45) is 11.7 Å². The van der Waals surface area contributed by atoms with E-state index in [-0.39, 0.29) is 18.1 Å². The lowest BCUT2D eigenvalue weighted by atomic mass is 9.74. The smallest absolute Gasteiger partial charge is 0.417 e. The van der Waals surface area contributed by atoms with Crippen molar-refractivity contribution in [1.29, 1.82) is 0 Å². The minimum absolute atomic E-state index is 0.0637. The summed E-state index contributed by atoms with van der Waals surface area (Å²) in [6.07, 6.45) is -3.25. The van der Waals surface area contributed by atoms with Crippen LogP contribution in [0.2, 0.25) is 0 Å². The number of hydrogen-bond donors (Lipinski definition) is 1. The van der Waals surface area contributed by atoms with Crippen molar-refractivity contribution >= 4 is 22.6 Å². The third kappa shape index (κ3) is 6.16. The number of primary amides is 1. The summed E-state index contributed by atoms with van der Waals surface area (Å²) in [6, 6.07) is 14.8. The van der Waals surface area contributed by atoms with Crippen molar-refractivity contribution < 1.29 is 41.0 Å². The Balaban J connectivity index is 1.49. The summed E-state index contributed by atoms with van der Waals surface area (Å²) >= 11 is 0. The zero-order chi connectivity index (χ0) is 33.5. The predicted octanol–water partition coefficient (Wildman–Crippen LogP) is 6.42. The molecule has 2 aromatic carbocycles. The molecule has 1 amide bonds. The summed E-state index contributed by atoms with van der Waals surface area (Å²) in [5.41, 5.74) is 4.71. The molecule has 13 heteroatoms. The Morgan fingerprint density at radius 3 is 2.57 bits per heavy atom. The normalized spacial score (nSPS) is 23.2. The molecule has 2 N–H and O–H groups in total. The quantitative estimate of drug-likeness (QED) is 0.219. The highest BCUT2D eigenvalue weighted by molar-refractivity contribution is 5.95. The molecule has 2 fully saturated rings. The van der Waals surface area contributed by atoms with E-state index in [1.807, 2.05) is 35.2 Å². The van der Waals surface area contributed by atoms with Crippen LogP contribution in [0.1, 0.15) is 48.4 Å². The van der Waals surface area contributed by atoms with E-state index in [2.05, 4.69) is 4.98 Å². The molecule has 2 aliphatic heterocycles. The summed E-state index contributed by atoms with van der Waals surface area (Å²) in [6.45, 7) is 1.54. The Labute approximate surface area is 267 Å². The minimum Gasteiger partial charge on any atom is -0.493 e. The van der Waals surface area contributed by atoms with Crippen molar-refractivity contribution in [2.75, 3.05) is 31.7 Å². The molecule has 4 aromatic rings. The van der Waals surface area contributed by atoms with Gasteiger partial charge in [-0.3, -0.25) is 9.78 Å². The van der Waals surface area contributed by atoms with E-state index < -0.39 is 59.9 Å². The molecule has 0 bridgehead atoms. The molecule has 8 nitrogen and oxygen atoms in total. The monoisotopic (exact) mass is 656 g/mol. The van der Waals surface area contributed by atoms with Crippen LogP contribution in [-0.2, 0) is 16.1 Å². The molecule has 6 rings (SSSR count). The van der Waals surface area contributed by atoms with Crippen LogP contribution in [0, 0.1) is 17.6 Å². The first kappa shape index (κ1) is 32.4. The molecule has 2 aliphatic rings. The maximum atomic E-state index is 14.9. The second kappa shape index (κ2) is 12.6. The van der Waals surface area contributed by atoms with Gasteiger partial charge in [0.25, 0.3) is 0 Å². The van der Waals surface area contributed by atoms with E-state index in [4.69, 9.17) is 24.9 Å². The number of methoxy groups -OCH3 is 1. The Kier molecular flexibility index (Phi) is 8.68. The van der Waals surface area contributed by atoms with Gasteiger partial charge in [0.1, 0.15) is 18.2 Å². The van der Waals surface area contributed by atoms with Crippen LogP contribution >= 0.6 is 0 Å². The number of nitrogens with two attached hydrogens (primary N) is 1. The van der Waals surface area contributed by atoms with Gasteiger partial charge in [-0.2, -0.15) is 17.6 Å². The van der Waals surface area contributed by atoms with Crippen LogP contribution in [0.5, 0.6) is 11.5 Å². The second-order valence-corrected chi connectivity index (χ2v) is 12.1. The second-order valence-electron chi connectivity index (χ2n) is 12.1. The van der Waals surface area contributed by atoms with Crippen molar-refractivity contribution in [3.63, 3.8) is 0 Å². The van der Waals surface area contributed by atoms with Crippen molar-refractivity contribution in [1.82, 2.24) is 9.97 Å². The Morgan fingerprint density at radius 1 is 1.13 bits per heavy atom. The first-order valence-electron chi connectivity index (χ1n) is 15.1. The number of anilines is 1. The largest absolute Gasteiger partial charge is 0.493 e. The van der Waals surface area contributed by atoms with Gasteiger partial charge < -0.3 is 24.8 Å². The first-order valence-corrected chi connectivity index (χ1v) is 15.1. The number of fused-ring (bicyclic) bond motifs is 1. The molecule has 4 atom stereocenters.